The summed E-state index contributed by atoms with van der Waals surface area (Å²) in [4.78, 5) is 6.62. The molecule has 1 aromatic rings. The Morgan fingerprint density at radius 3 is 2.88 bits per heavy atom. The van der Waals surface area contributed by atoms with Gasteiger partial charge in [-0.1, -0.05) is 0 Å². The highest BCUT2D eigenvalue weighted by Crippen LogP contribution is 2.36. The van der Waals surface area contributed by atoms with Crippen LogP contribution in [0.1, 0.15) is 26.7 Å². The van der Waals surface area contributed by atoms with E-state index in [1.54, 1.807) is 0 Å². The van der Waals surface area contributed by atoms with Gasteiger partial charge in [0.2, 0.25) is 0 Å². The molecule has 1 N–H and O–H groups in total. The van der Waals surface area contributed by atoms with Gasteiger partial charge in [0.05, 0.1) is 23.8 Å². The fourth-order valence-electron chi connectivity index (χ4n) is 2.05. The summed E-state index contributed by atoms with van der Waals surface area (Å²) in [7, 11) is 2.16. The van der Waals surface area contributed by atoms with Crippen LogP contribution < -0.4 is 10.2 Å². The number of pyridine rings is 1. The first kappa shape index (κ1) is 11.2. The van der Waals surface area contributed by atoms with Crippen LogP contribution >= 0.6 is 0 Å². The summed E-state index contributed by atoms with van der Waals surface area (Å²) in [5, 5.41) is 3.30. The van der Waals surface area contributed by atoms with Gasteiger partial charge < -0.3 is 10.2 Å². The lowest BCUT2D eigenvalue weighted by atomic mass is 10.2. The number of hydrogen-bond acceptors (Lipinski definition) is 3. The molecular formula is C13H21N3. The molecule has 0 aliphatic heterocycles. The zero-order valence-electron chi connectivity index (χ0n) is 10.4. The number of aromatic nitrogens is 1. The van der Waals surface area contributed by atoms with Crippen LogP contribution in [-0.4, -0.2) is 24.6 Å². The molecule has 3 heteroatoms. The highest BCUT2D eigenvalue weighted by molar-refractivity contribution is 5.55. The van der Waals surface area contributed by atoms with Crippen molar-refractivity contribution in [3.05, 3.63) is 18.5 Å². The molecule has 0 bridgehead atoms. The molecule has 0 spiro atoms. The van der Waals surface area contributed by atoms with Crippen molar-refractivity contribution in [1.82, 2.24) is 4.98 Å². The Hall–Kier alpha value is -1.25. The maximum atomic E-state index is 4.28. The first-order chi connectivity index (χ1) is 7.72. The van der Waals surface area contributed by atoms with Gasteiger partial charge in [-0.2, -0.15) is 0 Å². The number of anilines is 2. The zero-order valence-corrected chi connectivity index (χ0v) is 10.4. The van der Waals surface area contributed by atoms with Crippen molar-refractivity contribution >= 4 is 11.4 Å². The van der Waals surface area contributed by atoms with Crippen LogP contribution in [0.2, 0.25) is 0 Å². The molecule has 1 saturated carbocycles. The minimum atomic E-state index is 0.624. The summed E-state index contributed by atoms with van der Waals surface area (Å²) in [5.41, 5.74) is 2.31. The average Bonchev–Trinajstić information content (AvgIpc) is 3.12. The van der Waals surface area contributed by atoms with E-state index < -0.39 is 0 Å². The van der Waals surface area contributed by atoms with Crippen molar-refractivity contribution in [1.29, 1.82) is 0 Å². The van der Waals surface area contributed by atoms with E-state index in [4.69, 9.17) is 0 Å². The highest BCUT2D eigenvalue weighted by atomic mass is 15.1. The molecule has 16 heavy (non-hydrogen) atoms. The molecule has 1 fully saturated rings. The van der Waals surface area contributed by atoms with Gasteiger partial charge in [0.15, 0.2) is 0 Å². The lowest BCUT2D eigenvalue weighted by molar-refractivity contribution is 0.608. The Morgan fingerprint density at radius 1 is 1.50 bits per heavy atom. The molecule has 1 heterocycles. The first-order valence-corrected chi connectivity index (χ1v) is 6.14. The monoisotopic (exact) mass is 219 g/mol. The Balaban J connectivity index is 2.09. The lowest BCUT2D eigenvalue weighted by Gasteiger charge is -2.27. The van der Waals surface area contributed by atoms with Crippen LogP contribution in [0, 0.1) is 5.92 Å². The van der Waals surface area contributed by atoms with Crippen molar-refractivity contribution < 1.29 is 0 Å². The fraction of sp³-hybridized carbons (Fsp3) is 0.615. The molecule has 0 radical (unpaired) electrons. The Labute approximate surface area is 97.9 Å². The van der Waals surface area contributed by atoms with E-state index in [0.717, 1.165) is 18.2 Å². The van der Waals surface area contributed by atoms with E-state index in [-0.39, 0.29) is 0 Å². The van der Waals surface area contributed by atoms with E-state index in [0.29, 0.717) is 6.04 Å². The molecule has 0 saturated heterocycles. The third kappa shape index (κ3) is 2.46. The standard InChI is InChI=1S/C13H21N3/c1-4-15-12-7-13(9-14-8-12)16(3)10(2)11-5-6-11/h7-11,15H,4-6H2,1-3H3. The predicted molar refractivity (Wildman–Crippen MR) is 69.0 cm³/mol. The van der Waals surface area contributed by atoms with E-state index in [9.17, 15) is 0 Å². The van der Waals surface area contributed by atoms with Crippen LogP contribution in [0.25, 0.3) is 0 Å². The molecule has 0 aromatic carbocycles. The van der Waals surface area contributed by atoms with Crippen molar-refractivity contribution in [3.8, 4) is 0 Å². The number of nitrogens with one attached hydrogen (secondary N) is 1. The normalized spacial score (nSPS) is 16.9. The smallest absolute Gasteiger partial charge is 0.0573 e. The summed E-state index contributed by atoms with van der Waals surface area (Å²) < 4.78 is 0. The minimum absolute atomic E-state index is 0.624. The second kappa shape index (κ2) is 4.73. The van der Waals surface area contributed by atoms with Crippen LogP contribution in [-0.2, 0) is 0 Å². The van der Waals surface area contributed by atoms with Crippen LogP contribution in [0.4, 0.5) is 11.4 Å². The third-order valence-corrected chi connectivity index (χ3v) is 3.43. The summed E-state index contributed by atoms with van der Waals surface area (Å²) >= 11 is 0. The van der Waals surface area contributed by atoms with E-state index in [1.165, 1.54) is 18.5 Å². The van der Waals surface area contributed by atoms with Crippen LogP contribution in [0.15, 0.2) is 18.5 Å². The maximum Gasteiger partial charge on any atom is 0.0573 e. The van der Waals surface area contributed by atoms with Crippen molar-refractivity contribution in [2.24, 2.45) is 5.92 Å². The average molecular weight is 219 g/mol. The Kier molecular flexibility index (Phi) is 3.32. The number of rotatable bonds is 5. The molecule has 88 valence electrons. The molecule has 0 amide bonds. The molecule has 2 rings (SSSR count). The summed E-state index contributed by atoms with van der Waals surface area (Å²) in [5.74, 6) is 0.882. The second-order valence-corrected chi connectivity index (χ2v) is 4.65. The van der Waals surface area contributed by atoms with Gasteiger partial charge in [-0.05, 0) is 38.7 Å². The maximum absolute atomic E-state index is 4.28. The Bertz CT molecular complexity index is 347. The largest absolute Gasteiger partial charge is 0.384 e. The second-order valence-electron chi connectivity index (χ2n) is 4.65. The Morgan fingerprint density at radius 2 is 2.25 bits per heavy atom. The van der Waals surface area contributed by atoms with Crippen LogP contribution in [0.3, 0.4) is 0 Å². The van der Waals surface area contributed by atoms with Crippen molar-refractivity contribution in [2.45, 2.75) is 32.7 Å². The molecule has 1 aromatic heterocycles. The van der Waals surface area contributed by atoms with Gasteiger partial charge in [0, 0.05) is 19.6 Å². The van der Waals surface area contributed by atoms with Gasteiger partial charge in [0.1, 0.15) is 0 Å². The first-order valence-electron chi connectivity index (χ1n) is 6.14. The van der Waals surface area contributed by atoms with Gasteiger partial charge in [0.25, 0.3) is 0 Å². The van der Waals surface area contributed by atoms with Gasteiger partial charge in [-0.3, -0.25) is 4.98 Å². The topological polar surface area (TPSA) is 28.2 Å². The molecule has 3 nitrogen and oxygen atoms in total. The number of hydrogen-bond donors (Lipinski definition) is 1. The van der Waals surface area contributed by atoms with Gasteiger partial charge in [-0.15, -0.1) is 0 Å². The van der Waals surface area contributed by atoms with E-state index in [2.05, 4.69) is 42.2 Å². The summed E-state index contributed by atoms with van der Waals surface area (Å²) in [6, 6.07) is 2.80. The minimum Gasteiger partial charge on any atom is -0.384 e. The van der Waals surface area contributed by atoms with Gasteiger partial charge in [-0.25, -0.2) is 0 Å². The van der Waals surface area contributed by atoms with Crippen LogP contribution in [0.5, 0.6) is 0 Å². The molecular weight excluding hydrogens is 198 g/mol. The third-order valence-electron chi connectivity index (χ3n) is 3.43. The fourth-order valence-corrected chi connectivity index (χ4v) is 2.05. The molecule has 1 atom stereocenters. The zero-order chi connectivity index (χ0) is 11.5. The lowest BCUT2D eigenvalue weighted by Crippen LogP contribution is -2.30. The van der Waals surface area contributed by atoms with Crippen molar-refractivity contribution in [2.75, 3.05) is 23.8 Å². The summed E-state index contributed by atoms with van der Waals surface area (Å²) in [6.07, 6.45) is 6.58. The predicted octanol–water partition coefficient (Wildman–Crippen LogP) is 2.75. The SMILES string of the molecule is CCNc1cncc(N(C)C(C)C2CC2)c1. The summed E-state index contributed by atoms with van der Waals surface area (Å²) in [6.45, 7) is 5.34. The van der Waals surface area contributed by atoms with E-state index in [1.807, 2.05) is 12.4 Å². The molecule has 1 aliphatic carbocycles. The number of nitrogens with zero attached hydrogens (tertiary/aromatic N) is 2. The van der Waals surface area contributed by atoms with Gasteiger partial charge >= 0.3 is 0 Å². The highest BCUT2D eigenvalue weighted by Gasteiger charge is 2.30. The van der Waals surface area contributed by atoms with Crippen molar-refractivity contribution in [3.63, 3.8) is 0 Å². The molecule has 1 unspecified atom stereocenters. The molecule has 1 aliphatic rings. The quantitative estimate of drug-likeness (QED) is 0.825. The van der Waals surface area contributed by atoms with E-state index >= 15 is 0 Å².